The Morgan fingerprint density at radius 1 is 1.44 bits per heavy atom. The van der Waals surface area contributed by atoms with E-state index in [0.717, 1.165) is 5.56 Å². The van der Waals surface area contributed by atoms with E-state index in [4.69, 9.17) is 5.26 Å². The zero-order chi connectivity index (χ0) is 13.4. The Hall–Kier alpha value is -1.90. The van der Waals surface area contributed by atoms with E-state index in [2.05, 4.69) is 10.6 Å². The van der Waals surface area contributed by atoms with Crippen LogP contribution >= 0.6 is 0 Å². The molecule has 0 bridgehead atoms. The first-order valence-electron chi connectivity index (χ1n) is 5.83. The van der Waals surface area contributed by atoms with E-state index < -0.39 is 6.10 Å². The topological polar surface area (TPSA) is 85.2 Å². The van der Waals surface area contributed by atoms with Gasteiger partial charge in [0.25, 0.3) is 0 Å². The monoisotopic (exact) mass is 247 g/mol. The molecular formula is C13H17N3O2. The van der Waals surface area contributed by atoms with Crippen molar-refractivity contribution < 1.29 is 9.90 Å². The molecule has 96 valence electrons. The van der Waals surface area contributed by atoms with Crippen LogP contribution in [0.15, 0.2) is 24.3 Å². The number of amides is 1. The summed E-state index contributed by atoms with van der Waals surface area (Å²) in [5.41, 5.74) is 1.28. The average Bonchev–Trinajstić information content (AvgIpc) is 2.39. The Balaban J connectivity index is 2.38. The number of rotatable bonds is 6. The van der Waals surface area contributed by atoms with Gasteiger partial charge in [0.2, 0.25) is 5.91 Å². The highest BCUT2D eigenvalue weighted by atomic mass is 16.3. The van der Waals surface area contributed by atoms with Gasteiger partial charge in [-0.2, -0.15) is 5.26 Å². The minimum absolute atomic E-state index is 0.0930. The smallest absolute Gasteiger partial charge is 0.233 e. The van der Waals surface area contributed by atoms with Crippen molar-refractivity contribution in [1.82, 2.24) is 10.6 Å². The molecule has 3 N–H and O–H groups in total. The molecule has 0 fully saturated rings. The number of aliphatic hydroxyl groups is 1. The van der Waals surface area contributed by atoms with Crippen LogP contribution in [0, 0.1) is 11.3 Å². The number of aliphatic hydroxyl groups excluding tert-OH is 1. The van der Waals surface area contributed by atoms with Crippen LogP contribution in [0.2, 0.25) is 0 Å². The van der Waals surface area contributed by atoms with E-state index in [9.17, 15) is 9.90 Å². The lowest BCUT2D eigenvalue weighted by Crippen LogP contribution is -2.35. The predicted octanol–water partition coefficient (Wildman–Crippen LogP) is 0.317. The fourth-order valence-corrected chi connectivity index (χ4v) is 1.48. The van der Waals surface area contributed by atoms with Crippen LogP contribution in [0.3, 0.4) is 0 Å². The highest BCUT2D eigenvalue weighted by molar-refractivity contribution is 5.77. The Morgan fingerprint density at radius 3 is 2.67 bits per heavy atom. The number of hydrogen-bond donors (Lipinski definition) is 3. The Kier molecular flexibility index (Phi) is 5.85. The predicted molar refractivity (Wildman–Crippen MR) is 67.7 cm³/mol. The molecule has 0 saturated heterocycles. The fourth-order valence-electron chi connectivity index (χ4n) is 1.48. The molecule has 0 radical (unpaired) electrons. The first-order chi connectivity index (χ1) is 8.67. The molecular weight excluding hydrogens is 230 g/mol. The van der Waals surface area contributed by atoms with Gasteiger partial charge in [-0.25, -0.2) is 0 Å². The maximum absolute atomic E-state index is 11.2. The van der Waals surface area contributed by atoms with E-state index in [1.807, 2.05) is 13.0 Å². The second-order valence-corrected chi connectivity index (χ2v) is 3.83. The molecule has 18 heavy (non-hydrogen) atoms. The summed E-state index contributed by atoms with van der Waals surface area (Å²) in [6, 6.07) is 8.74. The minimum atomic E-state index is -0.688. The quantitative estimate of drug-likeness (QED) is 0.675. The second-order valence-electron chi connectivity index (χ2n) is 3.83. The molecule has 1 atom stereocenters. The summed E-state index contributed by atoms with van der Waals surface area (Å²) in [4.78, 5) is 11.2. The molecule has 0 saturated carbocycles. The molecule has 1 aromatic rings. The van der Waals surface area contributed by atoms with Crippen molar-refractivity contribution in [2.45, 2.75) is 13.0 Å². The van der Waals surface area contributed by atoms with Crippen LogP contribution in [-0.4, -0.2) is 30.6 Å². The maximum Gasteiger partial charge on any atom is 0.233 e. The summed E-state index contributed by atoms with van der Waals surface area (Å²) >= 11 is 0. The van der Waals surface area contributed by atoms with E-state index in [1.165, 1.54) is 0 Å². The standard InChI is InChI=1S/C13H17N3O2/c1-2-16-13(18)9-15-8-12(17)11-5-3-10(7-14)4-6-11/h3-6,12,15,17H,2,8-9H2,1H3,(H,16,18). The number of likely N-dealkylation sites (N-methyl/N-ethyl adjacent to an activating group) is 1. The summed E-state index contributed by atoms with van der Waals surface area (Å²) < 4.78 is 0. The zero-order valence-electron chi connectivity index (χ0n) is 10.3. The van der Waals surface area contributed by atoms with Gasteiger partial charge >= 0.3 is 0 Å². The summed E-state index contributed by atoms with van der Waals surface area (Å²) in [5, 5.41) is 24.0. The summed E-state index contributed by atoms with van der Waals surface area (Å²) in [6.07, 6.45) is -0.688. The molecule has 1 unspecified atom stereocenters. The summed E-state index contributed by atoms with van der Waals surface area (Å²) in [7, 11) is 0. The van der Waals surface area contributed by atoms with Crippen molar-refractivity contribution in [3.63, 3.8) is 0 Å². The molecule has 1 rings (SSSR count). The van der Waals surface area contributed by atoms with Crippen molar-refractivity contribution >= 4 is 5.91 Å². The van der Waals surface area contributed by atoms with Crippen LogP contribution in [-0.2, 0) is 4.79 Å². The third-order valence-electron chi connectivity index (χ3n) is 2.42. The molecule has 0 heterocycles. The highest BCUT2D eigenvalue weighted by Crippen LogP contribution is 2.12. The summed E-state index contributed by atoms with van der Waals surface area (Å²) in [5.74, 6) is -0.0930. The molecule has 0 aliphatic heterocycles. The van der Waals surface area contributed by atoms with Crippen LogP contribution in [0.1, 0.15) is 24.2 Å². The third-order valence-corrected chi connectivity index (χ3v) is 2.42. The van der Waals surface area contributed by atoms with Crippen LogP contribution in [0.4, 0.5) is 0 Å². The lowest BCUT2D eigenvalue weighted by atomic mass is 10.1. The van der Waals surface area contributed by atoms with Gasteiger partial charge in [-0.05, 0) is 24.6 Å². The minimum Gasteiger partial charge on any atom is -0.387 e. The number of hydrogen-bond acceptors (Lipinski definition) is 4. The lowest BCUT2D eigenvalue weighted by molar-refractivity contribution is -0.120. The van der Waals surface area contributed by atoms with E-state index >= 15 is 0 Å². The molecule has 0 aromatic heterocycles. The molecule has 0 aliphatic rings. The number of nitriles is 1. The zero-order valence-corrected chi connectivity index (χ0v) is 10.3. The molecule has 0 spiro atoms. The van der Waals surface area contributed by atoms with Gasteiger partial charge in [0, 0.05) is 13.1 Å². The number of benzene rings is 1. The third kappa shape index (κ3) is 4.53. The van der Waals surface area contributed by atoms with Gasteiger partial charge < -0.3 is 15.7 Å². The van der Waals surface area contributed by atoms with Crippen molar-refractivity contribution in [2.24, 2.45) is 0 Å². The number of nitrogens with one attached hydrogen (secondary N) is 2. The Labute approximate surface area is 106 Å². The van der Waals surface area contributed by atoms with Gasteiger partial charge in [0.05, 0.1) is 24.3 Å². The molecule has 0 aliphatic carbocycles. The summed E-state index contributed by atoms with van der Waals surface area (Å²) in [6.45, 7) is 2.92. The fraction of sp³-hybridized carbons (Fsp3) is 0.385. The first-order valence-corrected chi connectivity index (χ1v) is 5.83. The Morgan fingerprint density at radius 2 is 2.11 bits per heavy atom. The Bertz CT molecular complexity index is 423. The van der Waals surface area contributed by atoms with Crippen molar-refractivity contribution in [2.75, 3.05) is 19.6 Å². The van der Waals surface area contributed by atoms with E-state index in [-0.39, 0.29) is 12.5 Å². The lowest BCUT2D eigenvalue weighted by Gasteiger charge is -2.12. The molecule has 5 nitrogen and oxygen atoms in total. The van der Waals surface area contributed by atoms with E-state index in [0.29, 0.717) is 18.7 Å². The first kappa shape index (κ1) is 14.2. The van der Waals surface area contributed by atoms with Gasteiger partial charge in [0.15, 0.2) is 0 Å². The van der Waals surface area contributed by atoms with E-state index in [1.54, 1.807) is 24.3 Å². The van der Waals surface area contributed by atoms with Crippen LogP contribution in [0.5, 0.6) is 0 Å². The van der Waals surface area contributed by atoms with Crippen LogP contribution < -0.4 is 10.6 Å². The van der Waals surface area contributed by atoms with Gasteiger partial charge in [0.1, 0.15) is 0 Å². The maximum atomic E-state index is 11.2. The van der Waals surface area contributed by atoms with Crippen molar-refractivity contribution in [3.8, 4) is 6.07 Å². The SMILES string of the molecule is CCNC(=O)CNCC(O)c1ccc(C#N)cc1. The van der Waals surface area contributed by atoms with Crippen molar-refractivity contribution in [3.05, 3.63) is 35.4 Å². The molecule has 1 amide bonds. The van der Waals surface area contributed by atoms with Gasteiger partial charge in [-0.1, -0.05) is 12.1 Å². The van der Waals surface area contributed by atoms with Crippen molar-refractivity contribution in [1.29, 1.82) is 5.26 Å². The number of carbonyl (C=O) groups excluding carboxylic acids is 1. The van der Waals surface area contributed by atoms with Crippen LogP contribution in [0.25, 0.3) is 0 Å². The number of nitrogens with zero attached hydrogens (tertiary/aromatic N) is 1. The average molecular weight is 247 g/mol. The number of carbonyl (C=O) groups is 1. The normalized spacial score (nSPS) is 11.6. The molecule has 5 heteroatoms. The largest absolute Gasteiger partial charge is 0.387 e. The van der Waals surface area contributed by atoms with Gasteiger partial charge in [-0.3, -0.25) is 4.79 Å². The second kappa shape index (κ2) is 7.43. The highest BCUT2D eigenvalue weighted by Gasteiger charge is 2.07. The van der Waals surface area contributed by atoms with Gasteiger partial charge in [-0.15, -0.1) is 0 Å². The molecule has 1 aromatic carbocycles.